The van der Waals surface area contributed by atoms with Crippen LogP contribution in [-0.2, 0) is 4.79 Å². The van der Waals surface area contributed by atoms with Crippen molar-refractivity contribution in [1.82, 2.24) is 10.6 Å². The zero-order chi connectivity index (χ0) is 10.5. The van der Waals surface area contributed by atoms with Gasteiger partial charge in [0.25, 0.3) is 0 Å². The Balaban J connectivity index is 0.00000128. The van der Waals surface area contributed by atoms with Crippen molar-refractivity contribution >= 4 is 18.3 Å². The van der Waals surface area contributed by atoms with Gasteiger partial charge in [-0.3, -0.25) is 4.79 Å². The summed E-state index contributed by atoms with van der Waals surface area (Å²) < 4.78 is 0. The Kier molecular flexibility index (Phi) is 6.14. The van der Waals surface area contributed by atoms with Crippen molar-refractivity contribution in [3.8, 4) is 0 Å². The number of amides is 1. The van der Waals surface area contributed by atoms with E-state index in [0.717, 1.165) is 13.0 Å². The van der Waals surface area contributed by atoms with Crippen LogP contribution in [0.5, 0.6) is 0 Å². The Morgan fingerprint density at radius 2 is 1.56 bits per heavy atom. The highest BCUT2D eigenvalue weighted by atomic mass is 35.5. The van der Waals surface area contributed by atoms with E-state index in [1.54, 1.807) is 0 Å². The number of hydrogen-bond donors (Lipinski definition) is 2. The van der Waals surface area contributed by atoms with Gasteiger partial charge < -0.3 is 10.6 Å². The largest absolute Gasteiger partial charge is 0.352 e. The molecule has 0 aromatic carbocycles. The molecule has 2 fully saturated rings. The number of hydrogen-bond acceptors (Lipinski definition) is 2. The molecule has 4 heteroatoms. The monoisotopic (exact) mass is 246 g/mol. The summed E-state index contributed by atoms with van der Waals surface area (Å²) in [5.41, 5.74) is 0. The summed E-state index contributed by atoms with van der Waals surface area (Å²) in [6.45, 7) is 1.00. The molecule has 2 N–H and O–H groups in total. The fourth-order valence-corrected chi connectivity index (χ4v) is 2.41. The molecule has 16 heavy (non-hydrogen) atoms. The molecule has 1 amide bonds. The number of rotatable bonds is 2. The van der Waals surface area contributed by atoms with Gasteiger partial charge in [0, 0.05) is 6.04 Å². The second kappa shape index (κ2) is 7.13. The third-order valence-electron chi connectivity index (χ3n) is 3.59. The molecule has 94 valence electrons. The van der Waals surface area contributed by atoms with Crippen LogP contribution in [0.15, 0.2) is 0 Å². The molecule has 1 atom stereocenters. The van der Waals surface area contributed by atoms with Crippen LogP contribution in [0, 0.1) is 0 Å². The molecule has 2 aliphatic rings. The summed E-state index contributed by atoms with van der Waals surface area (Å²) in [6.07, 6.45) is 9.99. The summed E-state index contributed by atoms with van der Waals surface area (Å²) in [7, 11) is 0. The maximum Gasteiger partial charge on any atom is 0.237 e. The van der Waals surface area contributed by atoms with Gasteiger partial charge in [-0.15, -0.1) is 12.4 Å². The standard InChI is InChI=1S/C12H22N2O.ClH/c15-12(11-8-9-13-11)14-10-6-4-2-1-3-5-7-10;/h10-11,13H,1-9H2,(H,14,15);1H/t11-;/m1./s1. The maximum absolute atomic E-state index is 11.7. The van der Waals surface area contributed by atoms with Crippen LogP contribution >= 0.6 is 12.4 Å². The molecule has 0 radical (unpaired) electrons. The van der Waals surface area contributed by atoms with E-state index >= 15 is 0 Å². The van der Waals surface area contributed by atoms with Gasteiger partial charge in [-0.2, -0.15) is 0 Å². The molecule has 0 spiro atoms. The minimum atomic E-state index is 0. The average molecular weight is 247 g/mol. The van der Waals surface area contributed by atoms with Gasteiger partial charge in [0.2, 0.25) is 5.91 Å². The Hall–Kier alpha value is -0.280. The lowest BCUT2D eigenvalue weighted by molar-refractivity contribution is -0.125. The topological polar surface area (TPSA) is 41.1 Å². The van der Waals surface area contributed by atoms with Crippen LogP contribution in [0.3, 0.4) is 0 Å². The zero-order valence-corrected chi connectivity index (χ0v) is 10.7. The van der Waals surface area contributed by atoms with Crippen molar-refractivity contribution in [1.29, 1.82) is 0 Å². The van der Waals surface area contributed by atoms with Crippen molar-refractivity contribution in [2.45, 2.75) is 63.5 Å². The minimum Gasteiger partial charge on any atom is -0.352 e. The van der Waals surface area contributed by atoms with E-state index in [2.05, 4.69) is 10.6 Å². The summed E-state index contributed by atoms with van der Waals surface area (Å²) in [6, 6.07) is 0.552. The molecular weight excluding hydrogens is 224 g/mol. The third kappa shape index (κ3) is 3.95. The predicted octanol–water partition coefficient (Wildman–Crippen LogP) is 2.00. The normalized spacial score (nSPS) is 26.9. The van der Waals surface area contributed by atoms with Gasteiger partial charge in [-0.25, -0.2) is 0 Å². The first-order valence-corrected chi connectivity index (χ1v) is 6.40. The van der Waals surface area contributed by atoms with Gasteiger partial charge in [0.1, 0.15) is 0 Å². The molecule has 3 nitrogen and oxygen atoms in total. The lowest BCUT2D eigenvalue weighted by Crippen LogP contribution is -2.55. The highest BCUT2D eigenvalue weighted by Crippen LogP contribution is 2.17. The quantitative estimate of drug-likeness (QED) is 0.783. The molecule has 1 saturated carbocycles. The Morgan fingerprint density at radius 1 is 1.00 bits per heavy atom. The second-order valence-corrected chi connectivity index (χ2v) is 4.85. The first-order chi connectivity index (χ1) is 7.36. The van der Waals surface area contributed by atoms with Crippen LogP contribution in [0.2, 0.25) is 0 Å². The van der Waals surface area contributed by atoms with E-state index in [1.165, 1.54) is 44.9 Å². The molecule has 0 unspecified atom stereocenters. The summed E-state index contributed by atoms with van der Waals surface area (Å²) in [5, 5.41) is 6.34. The summed E-state index contributed by atoms with van der Waals surface area (Å²) in [4.78, 5) is 11.7. The number of carbonyl (C=O) groups is 1. The van der Waals surface area contributed by atoms with Crippen LogP contribution in [0.25, 0.3) is 0 Å². The van der Waals surface area contributed by atoms with Gasteiger partial charge in [-0.1, -0.05) is 32.1 Å². The van der Waals surface area contributed by atoms with E-state index < -0.39 is 0 Å². The smallest absolute Gasteiger partial charge is 0.237 e. The van der Waals surface area contributed by atoms with Crippen LogP contribution in [0.4, 0.5) is 0 Å². The SMILES string of the molecule is Cl.O=C(NC1CCCCCCC1)[C@H]1CCN1. The summed E-state index contributed by atoms with van der Waals surface area (Å²) in [5.74, 6) is 0.229. The number of halogens is 1. The van der Waals surface area contributed by atoms with E-state index in [0.29, 0.717) is 6.04 Å². The van der Waals surface area contributed by atoms with Crippen LogP contribution < -0.4 is 10.6 Å². The van der Waals surface area contributed by atoms with E-state index in [9.17, 15) is 4.79 Å². The predicted molar refractivity (Wildman–Crippen MR) is 67.9 cm³/mol. The van der Waals surface area contributed by atoms with E-state index in [1.807, 2.05) is 0 Å². The average Bonchev–Trinajstić information content (AvgIpc) is 2.06. The van der Waals surface area contributed by atoms with E-state index in [-0.39, 0.29) is 24.4 Å². The number of carbonyl (C=O) groups excluding carboxylic acids is 1. The lowest BCUT2D eigenvalue weighted by Gasteiger charge is -2.29. The Morgan fingerprint density at radius 3 is 2.06 bits per heavy atom. The second-order valence-electron chi connectivity index (χ2n) is 4.85. The molecule has 1 saturated heterocycles. The molecule has 1 aliphatic heterocycles. The molecule has 1 heterocycles. The summed E-state index contributed by atoms with van der Waals surface area (Å²) >= 11 is 0. The molecule has 0 bridgehead atoms. The van der Waals surface area contributed by atoms with Crippen LogP contribution in [-0.4, -0.2) is 24.5 Å². The number of nitrogens with one attached hydrogen (secondary N) is 2. The van der Waals surface area contributed by atoms with Crippen molar-refractivity contribution < 1.29 is 4.79 Å². The molecule has 0 aromatic heterocycles. The van der Waals surface area contributed by atoms with Gasteiger partial charge in [0.15, 0.2) is 0 Å². The zero-order valence-electron chi connectivity index (χ0n) is 9.84. The fourth-order valence-electron chi connectivity index (χ4n) is 2.41. The molecule has 0 aromatic rings. The van der Waals surface area contributed by atoms with Gasteiger partial charge in [-0.05, 0) is 25.8 Å². The first-order valence-electron chi connectivity index (χ1n) is 6.40. The van der Waals surface area contributed by atoms with Gasteiger partial charge in [0.05, 0.1) is 6.04 Å². The Bertz CT molecular complexity index is 211. The van der Waals surface area contributed by atoms with Crippen molar-refractivity contribution in [3.05, 3.63) is 0 Å². The van der Waals surface area contributed by atoms with Crippen molar-refractivity contribution in [3.63, 3.8) is 0 Å². The molecular formula is C12H23ClN2O. The highest BCUT2D eigenvalue weighted by molar-refractivity contribution is 5.85. The van der Waals surface area contributed by atoms with Crippen LogP contribution in [0.1, 0.15) is 51.4 Å². The fraction of sp³-hybridized carbons (Fsp3) is 0.917. The first kappa shape index (κ1) is 13.8. The highest BCUT2D eigenvalue weighted by Gasteiger charge is 2.26. The van der Waals surface area contributed by atoms with E-state index in [4.69, 9.17) is 0 Å². The lowest BCUT2D eigenvalue weighted by atomic mass is 9.96. The molecule has 2 rings (SSSR count). The third-order valence-corrected chi connectivity index (χ3v) is 3.59. The Labute approximate surface area is 104 Å². The van der Waals surface area contributed by atoms with Crippen molar-refractivity contribution in [2.24, 2.45) is 0 Å². The van der Waals surface area contributed by atoms with Crippen molar-refractivity contribution in [2.75, 3.05) is 6.54 Å². The van der Waals surface area contributed by atoms with Gasteiger partial charge >= 0.3 is 0 Å². The maximum atomic E-state index is 11.7. The molecule has 1 aliphatic carbocycles. The minimum absolute atomic E-state index is 0.